The third-order valence-corrected chi connectivity index (χ3v) is 2.68. The smallest absolute Gasteiger partial charge is 0.0554 e. The van der Waals surface area contributed by atoms with E-state index in [0.717, 1.165) is 26.3 Å². The minimum Gasteiger partial charge on any atom is -0.380 e. The maximum absolute atomic E-state index is 5.19. The Kier molecular flexibility index (Phi) is 2.56. The van der Waals surface area contributed by atoms with E-state index < -0.39 is 0 Å². The predicted molar refractivity (Wildman–Crippen MR) is 53.8 cm³/mol. The topological polar surface area (TPSA) is 39.1 Å². The van der Waals surface area contributed by atoms with E-state index in [4.69, 9.17) is 4.74 Å². The van der Waals surface area contributed by atoms with Gasteiger partial charge in [0, 0.05) is 31.7 Å². The van der Waals surface area contributed by atoms with E-state index >= 15 is 0 Å². The monoisotopic (exact) mass is 195 g/mol. The third-order valence-electron chi connectivity index (χ3n) is 2.68. The van der Waals surface area contributed by atoms with Crippen molar-refractivity contribution in [2.45, 2.75) is 13.5 Å². The molecule has 1 aliphatic heterocycles. The highest BCUT2D eigenvalue weighted by Crippen LogP contribution is 2.25. The molecule has 0 unspecified atom stereocenters. The maximum Gasteiger partial charge on any atom is 0.0554 e. The first-order chi connectivity index (χ1) is 6.70. The van der Waals surface area contributed by atoms with Crippen LogP contribution in [0, 0.1) is 5.41 Å². The predicted octanol–water partition coefficient (Wildman–Crippen LogP) is 0.546. The van der Waals surface area contributed by atoms with Crippen molar-refractivity contribution in [3.8, 4) is 0 Å². The molecule has 4 heteroatoms. The van der Waals surface area contributed by atoms with Crippen molar-refractivity contribution >= 4 is 0 Å². The van der Waals surface area contributed by atoms with Crippen molar-refractivity contribution < 1.29 is 4.74 Å². The van der Waals surface area contributed by atoms with Crippen LogP contribution in [0.3, 0.4) is 0 Å². The quantitative estimate of drug-likeness (QED) is 0.762. The van der Waals surface area contributed by atoms with Crippen LogP contribution < -0.4 is 5.32 Å². The normalized spacial score (nSPS) is 19.3. The van der Waals surface area contributed by atoms with Gasteiger partial charge in [0.05, 0.1) is 18.9 Å². The molecule has 1 fully saturated rings. The largest absolute Gasteiger partial charge is 0.380 e. The molecule has 2 rings (SSSR count). The molecule has 0 bridgehead atoms. The van der Waals surface area contributed by atoms with E-state index in [9.17, 15) is 0 Å². The summed E-state index contributed by atoms with van der Waals surface area (Å²) in [6, 6.07) is 2.03. The number of ether oxygens (including phenoxy) is 1. The van der Waals surface area contributed by atoms with Crippen molar-refractivity contribution in [2.75, 3.05) is 19.8 Å². The summed E-state index contributed by atoms with van der Waals surface area (Å²) in [5, 5.41) is 7.55. The molecule has 78 valence electrons. The van der Waals surface area contributed by atoms with Gasteiger partial charge in [-0.3, -0.25) is 4.68 Å². The Hall–Kier alpha value is -0.870. The van der Waals surface area contributed by atoms with Crippen LogP contribution in [0.1, 0.15) is 12.6 Å². The summed E-state index contributed by atoms with van der Waals surface area (Å²) in [6.45, 7) is 5.90. The SMILES string of the molecule is Cn1nccc1CNCC1(C)COC1. The van der Waals surface area contributed by atoms with E-state index in [2.05, 4.69) is 17.3 Å². The van der Waals surface area contributed by atoms with Gasteiger partial charge in [-0.15, -0.1) is 0 Å². The second-order valence-electron chi connectivity index (χ2n) is 4.35. The molecule has 1 aliphatic rings. The Morgan fingerprint density at radius 2 is 2.43 bits per heavy atom. The van der Waals surface area contributed by atoms with Gasteiger partial charge in [-0.25, -0.2) is 0 Å². The van der Waals surface area contributed by atoms with Crippen molar-refractivity contribution in [2.24, 2.45) is 12.5 Å². The third kappa shape index (κ3) is 1.96. The fourth-order valence-corrected chi connectivity index (χ4v) is 1.62. The lowest BCUT2D eigenvalue weighted by molar-refractivity contribution is -0.0992. The number of aryl methyl sites for hydroxylation is 1. The van der Waals surface area contributed by atoms with E-state index in [1.807, 2.05) is 24.0 Å². The Labute approximate surface area is 84.3 Å². The summed E-state index contributed by atoms with van der Waals surface area (Å²) in [5.41, 5.74) is 1.56. The number of hydrogen-bond donors (Lipinski definition) is 1. The van der Waals surface area contributed by atoms with E-state index in [-0.39, 0.29) is 0 Å². The Morgan fingerprint density at radius 3 is 2.93 bits per heavy atom. The average molecular weight is 195 g/mol. The molecular formula is C10H17N3O. The second kappa shape index (κ2) is 3.71. The molecule has 0 spiro atoms. The molecule has 0 amide bonds. The van der Waals surface area contributed by atoms with Gasteiger partial charge >= 0.3 is 0 Å². The average Bonchev–Trinajstić information content (AvgIpc) is 2.49. The lowest BCUT2D eigenvalue weighted by Gasteiger charge is -2.38. The first-order valence-electron chi connectivity index (χ1n) is 4.95. The second-order valence-corrected chi connectivity index (χ2v) is 4.35. The summed E-state index contributed by atoms with van der Waals surface area (Å²) < 4.78 is 7.09. The minimum absolute atomic E-state index is 0.346. The first kappa shape index (κ1) is 9.68. The molecule has 0 atom stereocenters. The highest BCUT2D eigenvalue weighted by molar-refractivity contribution is 4.99. The van der Waals surface area contributed by atoms with Crippen LogP contribution >= 0.6 is 0 Å². The Bertz CT molecular complexity index is 304. The molecule has 0 radical (unpaired) electrons. The van der Waals surface area contributed by atoms with Crippen LogP contribution in [-0.2, 0) is 18.3 Å². The minimum atomic E-state index is 0.346. The molecule has 4 nitrogen and oxygen atoms in total. The van der Waals surface area contributed by atoms with Gasteiger partial charge in [-0.2, -0.15) is 5.10 Å². The summed E-state index contributed by atoms with van der Waals surface area (Å²) in [5.74, 6) is 0. The molecule has 1 aromatic heterocycles. The molecule has 2 heterocycles. The van der Waals surface area contributed by atoms with Gasteiger partial charge in [-0.05, 0) is 6.07 Å². The molecule has 1 saturated heterocycles. The van der Waals surface area contributed by atoms with E-state index in [1.54, 1.807) is 0 Å². The fraction of sp³-hybridized carbons (Fsp3) is 0.700. The molecule has 0 aliphatic carbocycles. The zero-order valence-electron chi connectivity index (χ0n) is 8.79. The number of nitrogens with zero attached hydrogens (tertiary/aromatic N) is 2. The summed E-state index contributed by atoms with van der Waals surface area (Å²) >= 11 is 0. The van der Waals surface area contributed by atoms with Crippen LogP contribution in [0.5, 0.6) is 0 Å². The lowest BCUT2D eigenvalue weighted by atomic mass is 9.89. The number of nitrogens with one attached hydrogen (secondary N) is 1. The van der Waals surface area contributed by atoms with Gasteiger partial charge < -0.3 is 10.1 Å². The zero-order chi connectivity index (χ0) is 10.0. The van der Waals surface area contributed by atoms with Crippen molar-refractivity contribution in [1.82, 2.24) is 15.1 Å². The molecule has 0 saturated carbocycles. The van der Waals surface area contributed by atoms with Crippen molar-refractivity contribution in [3.63, 3.8) is 0 Å². The van der Waals surface area contributed by atoms with E-state index in [0.29, 0.717) is 5.41 Å². The first-order valence-corrected chi connectivity index (χ1v) is 4.95. The van der Waals surface area contributed by atoms with Crippen LogP contribution in [-0.4, -0.2) is 29.5 Å². The number of rotatable bonds is 4. The molecule has 1 N–H and O–H groups in total. The van der Waals surface area contributed by atoms with Crippen LogP contribution in [0.15, 0.2) is 12.3 Å². The lowest BCUT2D eigenvalue weighted by Crippen LogP contribution is -2.47. The van der Waals surface area contributed by atoms with Crippen molar-refractivity contribution in [3.05, 3.63) is 18.0 Å². The fourth-order valence-electron chi connectivity index (χ4n) is 1.62. The molecule has 14 heavy (non-hydrogen) atoms. The van der Waals surface area contributed by atoms with Gasteiger partial charge in [-0.1, -0.05) is 6.92 Å². The standard InChI is InChI=1S/C10H17N3O/c1-10(7-14-8-10)6-11-5-9-3-4-12-13(9)2/h3-4,11H,5-8H2,1-2H3. The van der Waals surface area contributed by atoms with Crippen LogP contribution in [0.2, 0.25) is 0 Å². The summed E-state index contributed by atoms with van der Waals surface area (Å²) in [4.78, 5) is 0. The molecular weight excluding hydrogens is 178 g/mol. The highest BCUT2D eigenvalue weighted by Gasteiger charge is 2.32. The van der Waals surface area contributed by atoms with Gasteiger partial charge in [0.2, 0.25) is 0 Å². The molecule has 1 aromatic rings. The van der Waals surface area contributed by atoms with Gasteiger partial charge in [0.1, 0.15) is 0 Å². The van der Waals surface area contributed by atoms with Gasteiger partial charge in [0.25, 0.3) is 0 Å². The highest BCUT2D eigenvalue weighted by atomic mass is 16.5. The summed E-state index contributed by atoms with van der Waals surface area (Å²) in [6.07, 6.45) is 1.82. The van der Waals surface area contributed by atoms with Crippen LogP contribution in [0.4, 0.5) is 0 Å². The van der Waals surface area contributed by atoms with E-state index in [1.165, 1.54) is 5.69 Å². The number of aromatic nitrogens is 2. The maximum atomic E-state index is 5.19. The molecule has 0 aromatic carbocycles. The van der Waals surface area contributed by atoms with Crippen molar-refractivity contribution in [1.29, 1.82) is 0 Å². The van der Waals surface area contributed by atoms with Gasteiger partial charge in [0.15, 0.2) is 0 Å². The Morgan fingerprint density at radius 1 is 1.64 bits per heavy atom. The summed E-state index contributed by atoms with van der Waals surface area (Å²) in [7, 11) is 1.96. The number of hydrogen-bond acceptors (Lipinski definition) is 3. The van der Waals surface area contributed by atoms with Crippen LogP contribution in [0.25, 0.3) is 0 Å². The Balaban J connectivity index is 1.75. The zero-order valence-corrected chi connectivity index (χ0v) is 8.79.